The first-order chi connectivity index (χ1) is 15.6. The lowest BCUT2D eigenvalue weighted by Gasteiger charge is -2.54. The van der Waals surface area contributed by atoms with Gasteiger partial charge in [-0.05, 0) is 86.2 Å². The van der Waals surface area contributed by atoms with Crippen molar-refractivity contribution in [2.45, 2.75) is 56.7 Å². The number of carbonyl (C=O) groups excluding carboxylic acids is 1. The molecule has 2 saturated carbocycles. The minimum atomic E-state index is -0.735. The lowest BCUT2D eigenvalue weighted by Crippen LogP contribution is -2.57. The van der Waals surface area contributed by atoms with Crippen LogP contribution in [0, 0.1) is 11.3 Å². The third kappa shape index (κ3) is 3.60. The maximum atomic E-state index is 12.2. The van der Waals surface area contributed by atoms with E-state index in [1.807, 2.05) is 6.08 Å². The third-order valence-electron chi connectivity index (χ3n) is 8.93. The van der Waals surface area contributed by atoms with Crippen molar-refractivity contribution >= 4 is 11.5 Å². The highest BCUT2D eigenvalue weighted by Crippen LogP contribution is 2.64. The Morgan fingerprint density at radius 3 is 2.52 bits per heavy atom. The lowest BCUT2D eigenvalue weighted by atomic mass is 9.55. The zero-order chi connectivity index (χ0) is 23.5. The summed E-state index contributed by atoms with van der Waals surface area (Å²) < 4.78 is 6.58. The van der Waals surface area contributed by atoms with Gasteiger partial charge in [0.25, 0.3) is 0 Å². The Hall–Kier alpha value is -1.95. The molecule has 2 fully saturated rings. The van der Waals surface area contributed by atoms with Gasteiger partial charge in [-0.3, -0.25) is 4.79 Å². The fourth-order valence-electron chi connectivity index (χ4n) is 7.19. The van der Waals surface area contributed by atoms with Gasteiger partial charge >= 0.3 is 0 Å². The third-order valence-corrected chi connectivity index (χ3v) is 8.93. The van der Waals surface area contributed by atoms with Crippen LogP contribution in [0.2, 0.25) is 0 Å². The van der Waals surface area contributed by atoms with Crippen LogP contribution in [0.3, 0.4) is 0 Å². The van der Waals surface area contributed by atoms with Gasteiger partial charge in [0.05, 0.1) is 18.3 Å². The lowest BCUT2D eigenvalue weighted by molar-refractivity contribution is -0.124. The van der Waals surface area contributed by atoms with E-state index in [9.17, 15) is 9.90 Å². The molecule has 0 bridgehead atoms. The van der Waals surface area contributed by atoms with Crippen LogP contribution in [0.4, 0.5) is 5.69 Å². The molecule has 178 valence electrons. The molecule has 1 aliphatic heterocycles. The Morgan fingerprint density at radius 1 is 1.12 bits per heavy atom. The van der Waals surface area contributed by atoms with Crippen LogP contribution in [-0.2, 0) is 9.53 Å². The van der Waals surface area contributed by atoms with Crippen molar-refractivity contribution in [3.63, 3.8) is 0 Å². The maximum absolute atomic E-state index is 12.2. The molecule has 1 N–H and O–H groups in total. The molecule has 5 unspecified atom stereocenters. The number of fused-ring (bicyclic) bond motifs is 4. The smallest absolute Gasteiger partial charge is 0.156 e. The Morgan fingerprint density at radius 2 is 1.85 bits per heavy atom. The number of anilines is 1. The second-order valence-electron chi connectivity index (χ2n) is 11.4. The van der Waals surface area contributed by atoms with Gasteiger partial charge in [0, 0.05) is 44.1 Å². The Kier molecular flexibility index (Phi) is 5.58. The van der Waals surface area contributed by atoms with Crippen molar-refractivity contribution in [3.05, 3.63) is 52.6 Å². The van der Waals surface area contributed by atoms with Crippen molar-refractivity contribution < 1.29 is 14.6 Å². The molecule has 0 spiro atoms. The van der Waals surface area contributed by atoms with E-state index in [0.717, 1.165) is 31.3 Å². The molecule has 5 nitrogen and oxygen atoms in total. The van der Waals surface area contributed by atoms with E-state index in [1.54, 1.807) is 0 Å². The van der Waals surface area contributed by atoms with Gasteiger partial charge in [-0.15, -0.1) is 0 Å². The fourth-order valence-corrected chi connectivity index (χ4v) is 7.19. The zero-order valence-corrected chi connectivity index (χ0v) is 20.7. The van der Waals surface area contributed by atoms with Crippen LogP contribution in [0.15, 0.2) is 47.1 Å². The molecule has 0 amide bonds. The monoisotopic (exact) mass is 450 g/mol. The van der Waals surface area contributed by atoms with E-state index in [1.165, 1.54) is 22.4 Å². The molecule has 4 aliphatic rings. The number of aliphatic hydroxyl groups is 1. The van der Waals surface area contributed by atoms with E-state index < -0.39 is 5.60 Å². The van der Waals surface area contributed by atoms with Crippen LogP contribution in [0.1, 0.15) is 50.5 Å². The summed E-state index contributed by atoms with van der Waals surface area (Å²) in [5, 5.41) is 12.0. The summed E-state index contributed by atoms with van der Waals surface area (Å²) in [4.78, 5) is 16.4. The van der Waals surface area contributed by atoms with Crippen molar-refractivity contribution in [2.24, 2.45) is 11.3 Å². The molecular formula is C28H38N2O3. The molecular weight excluding hydrogens is 412 g/mol. The Bertz CT molecular complexity index is 1010. The molecule has 5 heteroatoms. The molecule has 0 radical (unpaired) electrons. The molecule has 1 aromatic rings. The van der Waals surface area contributed by atoms with Crippen molar-refractivity contribution in [1.29, 1.82) is 0 Å². The second kappa shape index (κ2) is 8.07. The van der Waals surface area contributed by atoms with Gasteiger partial charge in [0.1, 0.15) is 0 Å². The summed E-state index contributed by atoms with van der Waals surface area (Å²) in [6.07, 6.45) is 5.93. The first-order valence-electron chi connectivity index (χ1n) is 12.4. The summed E-state index contributed by atoms with van der Waals surface area (Å²) in [6.45, 7) is 3.49. The fraction of sp³-hybridized carbons (Fsp3) is 0.607. The average molecular weight is 451 g/mol. The standard InChI is InChI=1S/C28H38N2O3/c1-27-15-23(18-6-8-20(9-7-18)30(4)5)25-22-11-10-21(31)14-19(22)16-33-26(25)24(27)12-13-28(27,32)17-29(2)3/h6-9,14,23-24,26,32H,10-13,15-17H2,1-5H3. The highest BCUT2D eigenvalue weighted by atomic mass is 16.5. The maximum Gasteiger partial charge on any atom is 0.156 e. The summed E-state index contributed by atoms with van der Waals surface area (Å²) in [6, 6.07) is 8.88. The van der Waals surface area contributed by atoms with Crippen LogP contribution >= 0.6 is 0 Å². The van der Waals surface area contributed by atoms with E-state index in [2.05, 4.69) is 69.2 Å². The van der Waals surface area contributed by atoms with E-state index in [0.29, 0.717) is 25.5 Å². The first-order valence-corrected chi connectivity index (χ1v) is 12.4. The number of benzene rings is 1. The van der Waals surface area contributed by atoms with Crippen LogP contribution in [0.5, 0.6) is 0 Å². The number of carbonyl (C=O) groups is 1. The number of ketones is 1. The number of hydrogen-bond donors (Lipinski definition) is 1. The largest absolute Gasteiger partial charge is 0.388 e. The zero-order valence-electron chi connectivity index (χ0n) is 20.7. The van der Waals surface area contributed by atoms with Crippen molar-refractivity contribution in [1.82, 2.24) is 4.90 Å². The van der Waals surface area contributed by atoms with Crippen LogP contribution in [-0.4, -0.2) is 68.8 Å². The minimum Gasteiger partial charge on any atom is -0.388 e. The Balaban J connectivity index is 1.64. The van der Waals surface area contributed by atoms with Gasteiger partial charge < -0.3 is 19.6 Å². The van der Waals surface area contributed by atoms with Crippen LogP contribution < -0.4 is 4.90 Å². The summed E-state index contributed by atoms with van der Waals surface area (Å²) in [7, 11) is 8.23. The highest BCUT2D eigenvalue weighted by molar-refractivity contribution is 5.93. The summed E-state index contributed by atoms with van der Waals surface area (Å²) in [5.74, 6) is 0.692. The molecule has 5 rings (SSSR count). The highest BCUT2D eigenvalue weighted by Gasteiger charge is 2.63. The number of hydrogen-bond acceptors (Lipinski definition) is 5. The average Bonchev–Trinajstić information content (AvgIpc) is 3.02. The van der Waals surface area contributed by atoms with Gasteiger partial charge in [-0.1, -0.05) is 19.1 Å². The van der Waals surface area contributed by atoms with E-state index in [4.69, 9.17) is 4.74 Å². The number of nitrogens with zero attached hydrogens (tertiary/aromatic N) is 2. The predicted octanol–water partition coefficient (Wildman–Crippen LogP) is 3.93. The summed E-state index contributed by atoms with van der Waals surface area (Å²) >= 11 is 0. The number of ether oxygens (including phenoxy) is 1. The molecule has 3 aliphatic carbocycles. The van der Waals surface area contributed by atoms with Gasteiger partial charge in [-0.2, -0.15) is 0 Å². The van der Waals surface area contributed by atoms with E-state index in [-0.39, 0.29) is 23.2 Å². The predicted molar refractivity (Wildman–Crippen MR) is 132 cm³/mol. The molecule has 0 aromatic heterocycles. The molecule has 0 saturated heterocycles. The molecule has 1 aromatic carbocycles. The van der Waals surface area contributed by atoms with Crippen molar-refractivity contribution in [3.8, 4) is 0 Å². The van der Waals surface area contributed by atoms with Gasteiger partial charge in [0.2, 0.25) is 0 Å². The second-order valence-corrected chi connectivity index (χ2v) is 11.4. The van der Waals surface area contributed by atoms with Crippen molar-refractivity contribution in [2.75, 3.05) is 46.2 Å². The number of rotatable bonds is 4. The topological polar surface area (TPSA) is 53.0 Å². The number of allylic oxidation sites excluding steroid dienone is 1. The Labute approximate surface area is 198 Å². The normalized spacial score (nSPS) is 35.8. The first kappa shape index (κ1) is 22.8. The molecule has 1 heterocycles. The SMILES string of the molecule is CN(C)CC1(O)CCC2C3OCC4=CC(=O)CCC4=C3C(c3ccc(N(C)C)cc3)CC21C. The van der Waals surface area contributed by atoms with Gasteiger partial charge in [0.15, 0.2) is 5.78 Å². The number of likely N-dealkylation sites (N-methyl/N-ethyl adjacent to an activating group) is 1. The quantitative estimate of drug-likeness (QED) is 0.753. The van der Waals surface area contributed by atoms with E-state index >= 15 is 0 Å². The molecule has 5 atom stereocenters. The summed E-state index contributed by atoms with van der Waals surface area (Å²) in [5.41, 5.74) is 5.32. The van der Waals surface area contributed by atoms with Gasteiger partial charge in [-0.25, -0.2) is 0 Å². The van der Waals surface area contributed by atoms with Crippen LogP contribution in [0.25, 0.3) is 0 Å². The minimum absolute atomic E-state index is 0.0128. The molecule has 33 heavy (non-hydrogen) atoms.